The van der Waals surface area contributed by atoms with Crippen LogP contribution in [-0.2, 0) is 0 Å². The first-order valence-corrected chi connectivity index (χ1v) is 8.33. The fourth-order valence-electron chi connectivity index (χ4n) is 2.42. The third kappa shape index (κ3) is 4.18. The van der Waals surface area contributed by atoms with Crippen molar-refractivity contribution in [3.63, 3.8) is 0 Å². The number of thiocarbonyl (C=S) groups is 1. The Morgan fingerprint density at radius 1 is 0.750 bits per heavy atom. The second-order valence-corrected chi connectivity index (χ2v) is 6.09. The Kier molecular flexibility index (Phi) is 5.19. The van der Waals surface area contributed by atoms with Crippen LogP contribution in [0.3, 0.4) is 0 Å². The van der Waals surface area contributed by atoms with Crippen LogP contribution in [0.4, 0.5) is 5.69 Å². The quantitative estimate of drug-likeness (QED) is 0.357. The van der Waals surface area contributed by atoms with Gasteiger partial charge in [0.2, 0.25) is 0 Å². The van der Waals surface area contributed by atoms with E-state index in [9.17, 15) is 0 Å². The minimum absolute atomic E-state index is 0.814. The lowest BCUT2D eigenvalue weighted by atomic mass is 10.1. The van der Waals surface area contributed by atoms with Crippen molar-refractivity contribution >= 4 is 28.5 Å². The molecule has 3 aromatic rings. The van der Waals surface area contributed by atoms with E-state index in [-0.39, 0.29) is 0 Å². The first kappa shape index (κ1) is 16.2. The fraction of sp³-hybridized carbons (Fsp3) is 0.0455. The van der Waals surface area contributed by atoms with Crippen molar-refractivity contribution in [3.8, 4) is 0 Å². The fourth-order valence-corrected chi connectivity index (χ4v) is 2.67. The van der Waals surface area contributed by atoms with E-state index in [0.717, 1.165) is 27.4 Å². The molecule has 118 valence electrons. The van der Waals surface area contributed by atoms with Gasteiger partial charge < -0.3 is 5.32 Å². The molecule has 0 spiro atoms. The molecule has 0 bridgehead atoms. The van der Waals surface area contributed by atoms with Crippen LogP contribution in [-0.4, -0.2) is 4.86 Å². The van der Waals surface area contributed by atoms with Crippen molar-refractivity contribution in [1.29, 1.82) is 0 Å². The summed E-state index contributed by atoms with van der Waals surface area (Å²) in [5.74, 6) is 0. The van der Waals surface area contributed by atoms with Gasteiger partial charge >= 0.3 is 0 Å². The average Bonchev–Trinajstić information content (AvgIpc) is 2.64. The van der Waals surface area contributed by atoms with Crippen LogP contribution in [0.1, 0.15) is 16.7 Å². The summed E-state index contributed by atoms with van der Waals surface area (Å²) in [4.78, 5) is 0.814. The SMILES string of the molecule is Cc1ccc(N/C(=C/C(=S)c2ccccc2)c2ccccc2)cc1. The molecule has 0 unspecified atom stereocenters. The Morgan fingerprint density at radius 3 is 1.88 bits per heavy atom. The second kappa shape index (κ2) is 7.71. The first-order chi connectivity index (χ1) is 11.7. The molecule has 0 aromatic heterocycles. The van der Waals surface area contributed by atoms with Crippen LogP contribution >= 0.6 is 12.2 Å². The lowest BCUT2D eigenvalue weighted by Crippen LogP contribution is -2.03. The van der Waals surface area contributed by atoms with Gasteiger partial charge in [-0.3, -0.25) is 0 Å². The monoisotopic (exact) mass is 329 g/mol. The zero-order chi connectivity index (χ0) is 16.8. The molecule has 1 nitrogen and oxygen atoms in total. The Balaban J connectivity index is 1.94. The Morgan fingerprint density at radius 2 is 1.29 bits per heavy atom. The molecule has 1 N–H and O–H groups in total. The smallest absolute Gasteiger partial charge is 0.0472 e. The molecular formula is C22H19NS. The molecule has 0 aliphatic rings. The molecular weight excluding hydrogens is 310 g/mol. The molecule has 0 atom stereocenters. The van der Waals surface area contributed by atoms with E-state index < -0.39 is 0 Å². The van der Waals surface area contributed by atoms with Gasteiger partial charge in [0.1, 0.15) is 0 Å². The number of hydrogen-bond acceptors (Lipinski definition) is 2. The zero-order valence-corrected chi connectivity index (χ0v) is 14.4. The third-order valence-corrected chi connectivity index (χ3v) is 4.10. The number of anilines is 1. The lowest BCUT2D eigenvalue weighted by molar-refractivity contribution is 1.45. The van der Waals surface area contributed by atoms with Crippen molar-refractivity contribution in [2.75, 3.05) is 5.32 Å². The Labute approximate surface area is 148 Å². The molecule has 0 aliphatic carbocycles. The van der Waals surface area contributed by atoms with Gasteiger partial charge in [0.25, 0.3) is 0 Å². The molecule has 0 amide bonds. The number of rotatable bonds is 5. The average molecular weight is 329 g/mol. The molecule has 3 aromatic carbocycles. The molecule has 0 saturated carbocycles. The van der Waals surface area contributed by atoms with Crippen LogP contribution in [0.2, 0.25) is 0 Å². The van der Waals surface area contributed by atoms with E-state index in [0.29, 0.717) is 0 Å². The lowest BCUT2D eigenvalue weighted by Gasteiger charge is -2.12. The molecule has 0 saturated heterocycles. The number of benzene rings is 3. The van der Waals surface area contributed by atoms with Crippen LogP contribution in [0.25, 0.3) is 5.70 Å². The second-order valence-electron chi connectivity index (χ2n) is 5.65. The summed E-state index contributed by atoms with van der Waals surface area (Å²) < 4.78 is 0. The highest BCUT2D eigenvalue weighted by molar-refractivity contribution is 7.81. The van der Waals surface area contributed by atoms with E-state index >= 15 is 0 Å². The van der Waals surface area contributed by atoms with Crippen molar-refractivity contribution in [3.05, 3.63) is 108 Å². The van der Waals surface area contributed by atoms with Gasteiger partial charge in [0.15, 0.2) is 0 Å². The Hall–Kier alpha value is -2.71. The summed E-state index contributed by atoms with van der Waals surface area (Å²) in [6.45, 7) is 2.09. The van der Waals surface area contributed by atoms with E-state index in [1.165, 1.54) is 5.56 Å². The Bertz CT molecular complexity index is 834. The largest absolute Gasteiger partial charge is 0.355 e. The molecule has 0 fully saturated rings. The zero-order valence-electron chi connectivity index (χ0n) is 13.6. The highest BCUT2D eigenvalue weighted by atomic mass is 32.1. The maximum absolute atomic E-state index is 5.62. The van der Waals surface area contributed by atoms with E-state index in [2.05, 4.69) is 48.6 Å². The van der Waals surface area contributed by atoms with Gasteiger partial charge in [-0.15, -0.1) is 0 Å². The minimum Gasteiger partial charge on any atom is -0.355 e. The standard InChI is InChI=1S/C22H19NS/c1-17-12-14-20(15-13-17)23-21(18-8-4-2-5-9-18)16-22(24)19-10-6-3-7-11-19/h2-16,23H,1H3/b21-16+. The minimum atomic E-state index is 0.814. The molecule has 24 heavy (non-hydrogen) atoms. The highest BCUT2D eigenvalue weighted by Gasteiger charge is 2.05. The van der Waals surface area contributed by atoms with Crippen molar-refractivity contribution < 1.29 is 0 Å². The van der Waals surface area contributed by atoms with Gasteiger partial charge in [-0.25, -0.2) is 0 Å². The first-order valence-electron chi connectivity index (χ1n) is 7.92. The van der Waals surface area contributed by atoms with Gasteiger partial charge in [0, 0.05) is 16.2 Å². The van der Waals surface area contributed by atoms with Crippen molar-refractivity contribution in [2.24, 2.45) is 0 Å². The number of nitrogens with one attached hydrogen (secondary N) is 1. The summed E-state index contributed by atoms with van der Waals surface area (Å²) >= 11 is 5.62. The number of allylic oxidation sites excluding steroid dienone is 1. The van der Waals surface area contributed by atoms with Gasteiger partial charge in [0.05, 0.1) is 0 Å². The van der Waals surface area contributed by atoms with Gasteiger partial charge in [-0.2, -0.15) is 0 Å². The van der Waals surface area contributed by atoms with Crippen LogP contribution in [0, 0.1) is 6.92 Å². The predicted octanol–water partition coefficient (Wildman–Crippen LogP) is 5.87. The van der Waals surface area contributed by atoms with E-state index in [1.807, 2.05) is 54.6 Å². The summed E-state index contributed by atoms with van der Waals surface area (Å²) in [5, 5.41) is 3.50. The van der Waals surface area contributed by atoms with E-state index in [1.54, 1.807) is 0 Å². The van der Waals surface area contributed by atoms with Gasteiger partial charge in [-0.1, -0.05) is 90.6 Å². The molecule has 2 heteroatoms. The summed E-state index contributed by atoms with van der Waals surface area (Å²) in [7, 11) is 0. The van der Waals surface area contributed by atoms with E-state index in [4.69, 9.17) is 12.2 Å². The number of hydrogen-bond donors (Lipinski definition) is 1. The maximum Gasteiger partial charge on any atom is 0.0472 e. The highest BCUT2D eigenvalue weighted by Crippen LogP contribution is 2.20. The topological polar surface area (TPSA) is 12.0 Å². The summed E-state index contributed by atoms with van der Waals surface area (Å²) in [5.41, 5.74) is 5.44. The maximum atomic E-state index is 5.62. The van der Waals surface area contributed by atoms with Crippen molar-refractivity contribution in [1.82, 2.24) is 0 Å². The summed E-state index contributed by atoms with van der Waals surface area (Å²) in [6.07, 6.45) is 2.03. The van der Waals surface area contributed by atoms with Crippen molar-refractivity contribution in [2.45, 2.75) is 6.92 Å². The number of aryl methyl sites for hydroxylation is 1. The molecule has 0 radical (unpaired) electrons. The van der Waals surface area contributed by atoms with Crippen LogP contribution in [0.5, 0.6) is 0 Å². The predicted molar refractivity (Wildman–Crippen MR) is 107 cm³/mol. The molecule has 0 aliphatic heterocycles. The van der Waals surface area contributed by atoms with Crippen LogP contribution < -0.4 is 5.32 Å². The van der Waals surface area contributed by atoms with Crippen LogP contribution in [0.15, 0.2) is 91.0 Å². The molecule has 0 heterocycles. The normalized spacial score (nSPS) is 11.1. The molecule has 3 rings (SSSR count). The summed E-state index contributed by atoms with van der Waals surface area (Å²) in [6, 6.07) is 28.7. The third-order valence-electron chi connectivity index (χ3n) is 3.75. The van der Waals surface area contributed by atoms with Gasteiger partial charge in [-0.05, 0) is 36.3 Å².